The molecule has 104 valence electrons. The fourth-order valence-electron chi connectivity index (χ4n) is 2.48. The molecule has 1 aliphatic heterocycles. The molecule has 1 aromatic carbocycles. The summed E-state index contributed by atoms with van der Waals surface area (Å²) in [5, 5.41) is 0. The number of halogens is 1. The lowest BCUT2D eigenvalue weighted by atomic mass is 9.95. The molecular formula is C14H19FN2OS. The van der Waals surface area contributed by atoms with Crippen LogP contribution in [0.25, 0.3) is 0 Å². The fraction of sp³-hybridized carbons (Fsp3) is 0.500. The molecule has 0 amide bonds. The molecule has 0 aromatic heterocycles. The smallest absolute Gasteiger partial charge is 0.135 e. The van der Waals surface area contributed by atoms with Crippen LogP contribution in [0, 0.1) is 11.7 Å². The molecule has 0 aliphatic carbocycles. The van der Waals surface area contributed by atoms with Crippen LogP contribution in [0.5, 0.6) is 0 Å². The van der Waals surface area contributed by atoms with Crippen molar-refractivity contribution in [2.45, 2.75) is 19.4 Å². The maximum Gasteiger partial charge on any atom is 0.135 e. The highest BCUT2D eigenvalue weighted by molar-refractivity contribution is 7.80. The molecule has 5 heteroatoms. The Kier molecular flexibility index (Phi) is 4.37. The van der Waals surface area contributed by atoms with E-state index in [0.717, 1.165) is 25.2 Å². The van der Waals surface area contributed by atoms with E-state index in [4.69, 9.17) is 22.7 Å². The van der Waals surface area contributed by atoms with E-state index in [1.54, 1.807) is 13.2 Å². The number of methoxy groups -OCH3 is 1. The van der Waals surface area contributed by atoms with Gasteiger partial charge < -0.3 is 15.4 Å². The third-order valence-electron chi connectivity index (χ3n) is 3.78. The summed E-state index contributed by atoms with van der Waals surface area (Å²) in [5.74, 6) is 0.166. The third kappa shape index (κ3) is 3.04. The molecule has 0 bridgehead atoms. The second kappa shape index (κ2) is 5.84. The molecule has 2 N–H and O–H groups in total. The highest BCUT2D eigenvalue weighted by Gasteiger charge is 2.26. The fourth-order valence-corrected chi connectivity index (χ4v) is 2.64. The van der Waals surface area contributed by atoms with Crippen molar-refractivity contribution >= 4 is 22.9 Å². The first kappa shape index (κ1) is 14.2. The molecule has 1 saturated heterocycles. The predicted octanol–water partition coefficient (Wildman–Crippen LogP) is 2.32. The zero-order valence-corrected chi connectivity index (χ0v) is 12.0. The Bertz CT molecular complexity index is 481. The standard InChI is InChI=1S/C14H19FN2OS/c1-9-5-6-17(8-13(9)18-2)10-3-4-11(14(16)19)12(15)7-10/h3-4,7,9,13H,5-6,8H2,1-2H3,(H2,16,19). The van der Waals surface area contributed by atoms with Crippen LogP contribution in [-0.4, -0.2) is 31.3 Å². The van der Waals surface area contributed by atoms with Gasteiger partial charge in [0.05, 0.1) is 6.10 Å². The molecule has 1 aliphatic rings. The summed E-state index contributed by atoms with van der Waals surface area (Å²) in [4.78, 5) is 2.23. The van der Waals surface area contributed by atoms with Gasteiger partial charge in [0.2, 0.25) is 0 Å². The number of hydrogen-bond donors (Lipinski definition) is 1. The van der Waals surface area contributed by atoms with Gasteiger partial charge in [0, 0.05) is 31.5 Å². The van der Waals surface area contributed by atoms with Crippen molar-refractivity contribution in [3.63, 3.8) is 0 Å². The maximum absolute atomic E-state index is 13.9. The Morgan fingerprint density at radius 2 is 2.26 bits per heavy atom. The first-order valence-electron chi connectivity index (χ1n) is 6.40. The molecule has 2 atom stereocenters. The van der Waals surface area contributed by atoms with Crippen molar-refractivity contribution in [3.8, 4) is 0 Å². The summed E-state index contributed by atoms with van der Waals surface area (Å²) in [6.45, 7) is 3.87. The SMILES string of the molecule is COC1CN(c2ccc(C(N)=S)c(F)c2)CCC1C. The summed E-state index contributed by atoms with van der Waals surface area (Å²) < 4.78 is 19.4. The minimum atomic E-state index is -0.363. The summed E-state index contributed by atoms with van der Waals surface area (Å²) in [6, 6.07) is 5.00. The Morgan fingerprint density at radius 3 is 2.84 bits per heavy atom. The second-order valence-electron chi connectivity index (χ2n) is 5.01. The van der Waals surface area contributed by atoms with Crippen LogP contribution >= 0.6 is 12.2 Å². The van der Waals surface area contributed by atoms with Crippen LogP contribution in [0.4, 0.5) is 10.1 Å². The summed E-state index contributed by atoms with van der Waals surface area (Å²) in [5.41, 5.74) is 6.61. The quantitative estimate of drug-likeness (QED) is 0.864. The highest BCUT2D eigenvalue weighted by Crippen LogP contribution is 2.26. The van der Waals surface area contributed by atoms with Gasteiger partial charge in [0.1, 0.15) is 10.8 Å². The van der Waals surface area contributed by atoms with E-state index in [0.29, 0.717) is 11.5 Å². The zero-order chi connectivity index (χ0) is 14.0. The molecular weight excluding hydrogens is 263 g/mol. The Labute approximate surface area is 118 Å². The van der Waals surface area contributed by atoms with Crippen LogP contribution in [0.15, 0.2) is 18.2 Å². The van der Waals surface area contributed by atoms with Crippen molar-refractivity contribution in [1.82, 2.24) is 0 Å². The van der Waals surface area contributed by atoms with Gasteiger partial charge in [0.15, 0.2) is 0 Å². The van der Waals surface area contributed by atoms with Gasteiger partial charge in [-0.25, -0.2) is 4.39 Å². The normalized spacial score (nSPS) is 23.4. The molecule has 0 radical (unpaired) electrons. The number of nitrogens with two attached hydrogens (primary N) is 1. The lowest BCUT2D eigenvalue weighted by molar-refractivity contribution is 0.0498. The Hall–Kier alpha value is -1.20. The van der Waals surface area contributed by atoms with Gasteiger partial charge in [-0.15, -0.1) is 0 Å². The number of hydrogen-bond acceptors (Lipinski definition) is 3. The second-order valence-corrected chi connectivity index (χ2v) is 5.45. The van der Waals surface area contributed by atoms with Crippen LogP contribution in [0.1, 0.15) is 18.9 Å². The van der Waals surface area contributed by atoms with Gasteiger partial charge in [-0.3, -0.25) is 0 Å². The molecule has 2 rings (SSSR count). The van der Waals surface area contributed by atoms with Gasteiger partial charge in [-0.1, -0.05) is 19.1 Å². The average Bonchev–Trinajstić information content (AvgIpc) is 2.38. The molecule has 3 nitrogen and oxygen atoms in total. The summed E-state index contributed by atoms with van der Waals surface area (Å²) >= 11 is 4.81. The van der Waals surface area contributed by atoms with E-state index in [9.17, 15) is 4.39 Å². The molecule has 0 spiro atoms. The lowest BCUT2D eigenvalue weighted by Crippen LogP contribution is -2.44. The van der Waals surface area contributed by atoms with E-state index < -0.39 is 0 Å². The topological polar surface area (TPSA) is 38.5 Å². The summed E-state index contributed by atoms with van der Waals surface area (Å²) in [7, 11) is 1.72. The molecule has 1 fully saturated rings. The number of thiocarbonyl (C=S) groups is 1. The van der Waals surface area contributed by atoms with Crippen LogP contribution in [0.3, 0.4) is 0 Å². The third-order valence-corrected chi connectivity index (χ3v) is 4.00. The zero-order valence-electron chi connectivity index (χ0n) is 11.2. The lowest BCUT2D eigenvalue weighted by Gasteiger charge is -2.37. The van der Waals surface area contributed by atoms with Gasteiger partial charge in [-0.05, 0) is 30.5 Å². The van der Waals surface area contributed by atoms with Crippen molar-refractivity contribution < 1.29 is 9.13 Å². The van der Waals surface area contributed by atoms with Crippen molar-refractivity contribution in [1.29, 1.82) is 0 Å². The van der Waals surface area contributed by atoms with Gasteiger partial charge in [0.25, 0.3) is 0 Å². The largest absolute Gasteiger partial charge is 0.389 e. The Morgan fingerprint density at radius 1 is 1.53 bits per heavy atom. The number of rotatable bonds is 3. The molecule has 2 unspecified atom stereocenters. The molecule has 19 heavy (non-hydrogen) atoms. The highest BCUT2D eigenvalue weighted by atomic mass is 32.1. The van der Waals surface area contributed by atoms with Crippen LogP contribution < -0.4 is 10.6 Å². The van der Waals surface area contributed by atoms with E-state index in [1.807, 2.05) is 6.07 Å². The van der Waals surface area contributed by atoms with E-state index >= 15 is 0 Å². The first-order chi connectivity index (χ1) is 9.02. The minimum Gasteiger partial charge on any atom is -0.389 e. The average molecular weight is 282 g/mol. The monoisotopic (exact) mass is 282 g/mol. The van der Waals surface area contributed by atoms with E-state index in [-0.39, 0.29) is 16.9 Å². The van der Waals surface area contributed by atoms with Crippen molar-refractivity contribution in [3.05, 3.63) is 29.6 Å². The van der Waals surface area contributed by atoms with Crippen LogP contribution in [-0.2, 0) is 4.74 Å². The number of ether oxygens (including phenoxy) is 1. The first-order valence-corrected chi connectivity index (χ1v) is 6.81. The molecule has 1 heterocycles. The summed E-state index contributed by atoms with van der Waals surface area (Å²) in [6.07, 6.45) is 1.23. The van der Waals surface area contributed by atoms with Gasteiger partial charge in [-0.2, -0.15) is 0 Å². The number of nitrogens with zero attached hydrogens (tertiary/aromatic N) is 1. The molecule has 1 aromatic rings. The van der Waals surface area contributed by atoms with Crippen molar-refractivity contribution in [2.24, 2.45) is 11.7 Å². The molecule has 0 saturated carbocycles. The van der Waals surface area contributed by atoms with E-state index in [2.05, 4.69) is 11.8 Å². The number of anilines is 1. The predicted molar refractivity (Wildman–Crippen MR) is 79.1 cm³/mol. The maximum atomic E-state index is 13.9. The van der Waals surface area contributed by atoms with Crippen LogP contribution in [0.2, 0.25) is 0 Å². The number of piperidine rings is 1. The van der Waals surface area contributed by atoms with E-state index in [1.165, 1.54) is 6.07 Å². The van der Waals surface area contributed by atoms with Crippen molar-refractivity contribution in [2.75, 3.05) is 25.1 Å². The Balaban J connectivity index is 2.18. The number of benzene rings is 1. The van der Waals surface area contributed by atoms with Gasteiger partial charge >= 0.3 is 0 Å². The minimum absolute atomic E-state index is 0.0890.